The number of Topliss-reactive ketones (excluding diaryl/α,β-unsaturated/α-hetero) is 1. The van der Waals surface area contributed by atoms with Crippen LogP contribution in [-0.2, 0) is 6.42 Å². The lowest BCUT2D eigenvalue weighted by molar-refractivity contribution is 0.100. The Morgan fingerprint density at radius 3 is 2.44 bits per heavy atom. The second kappa shape index (κ2) is 7.76. The number of ether oxygens (including phenoxy) is 1. The molecule has 0 spiro atoms. The number of ketones is 1. The molecule has 0 aliphatic carbocycles. The fraction of sp³-hybridized carbons (Fsp3) is 0.0800. The molecule has 0 aromatic heterocycles. The van der Waals surface area contributed by atoms with E-state index in [9.17, 15) is 4.79 Å². The molecule has 2 heteroatoms. The van der Waals surface area contributed by atoms with Gasteiger partial charge in [0.25, 0.3) is 0 Å². The van der Waals surface area contributed by atoms with Crippen LogP contribution in [0.15, 0.2) is 84.4 Å². The topological polar surface area (TPSA) is 26.3 Å². The van der Waals surface area contributed by atoms with Crippen molar-refractivity contribution < 1.29 is 9.53 Å². The number of carbonyl (C=O) groups is 1. The maximum atomic E-state index is 12.9. The van der Waals surface area contributed by atoms with Gasteiger partial charge in [0.2, 0.25) is 0 Å². The molecule has 1 aliphatic heterocycles. The van der Waals surface area contributed by atoms with Crippen LogP contribution in [0.5, 0.6) is 5.75 Å². The van der Waals surface area contributed by atoms with E-state index in [2.05, 4.69) is 24.0 Å². The average molecular weight is 350 g/mol. The van der Waals surface area contributed by atoms with Gasteiger partial charge in [-0.2, -0.15) is 0 Å². The van der Waals surface area contributed by atoms with E-state index < -0.39 is 0 Å². The molecule has 0 radical (unpaired) electrons. The molecule has 1 aliphatic rings. The van der Waals surface area contributed by atoms with Crippen molar-refractivity contribution in [3.05, 3.63) is 107 Å². The van der Waals surface area contributed by atoms with Gasteiger partial charge in [-0.1, -0.05) is 72.5 Å². The standard InChI is InChI=1S/C25H18O2/c26-25-22(16-20-10-5-2-6-11-20)18-27-24-15-14-21(17-23(24)25)13-7-12-19-8-3-1-4-9-19/h1-6,8-11,14-17H,12,18H2/b22-16+. The highest BCUT2D eigenvalue weighted by molar-refractivity contribution is 6.14. The zero-order valence-electron chi connectivity index (χ0n) is 14.8. The van der Waals surface area contributed by atoms with Crippen LogP contribution in [0, 0.1) is 11.8 Å². The SMILES string of the molecule is O=C1/C(=C/c2ccccc2)COc2ccc(C#CCc3ccccc3)cc21. The van der Waals surface area contributed by atoms with Crippen molar-refractivity contribution in [3.8, 4) is 17.6 Å². The van der Waals surface area contributed by atoms with Crippen molar-refractivity contribution in [2.45, 2.75) is 6.42 Å². The first-order valence-corrected chi connectivity index (χ1v) is 8.89. The summed E-state index contributed by atoms with van der Waals surface area (Å²) in [7, 11) is 0. The lowest BCUT2D eigenvalue weighted by Crippen LogP contribution is -2.19. The fourth-order valence-corrected chi connectivity index (χ4v) is 3.01. The van der Waals surface area contributed by atoms with Crippen molar-refractivity contribution in [2.75, 3.05) is 6.61 Å². The molecule has 3 aromatic carbocycles. The molecular weight excluding hydrogens is 332 g/mol. The summed E-state index contributed by atoms with van der Waals surface area (Å²) in [4.78, 5) is 12.9. The van der Waals surface area contributed by atoms with Crippen LogP contribution in [0.4, 0.5) is 0 Å². The van der Waals surface area contributed by atoms with E-state index in [4.69, 9.17) is 4.74 Å². The lowest BCUT2D eigenvalue weighted by atomic mass is 9.97. The summed E-state index contributed by atoms with van der Waals surface area (Å²) in [5.74, 6) is 6.96. The van der Waals surface area contributed by atoms with Crippen molar-refractivity contribution >= 4 is 11.9 Å². The molecule has 0 atom stereocenters. The molecule has 0 amide bonds. The molecule has 2 nitrogen and oxygen atoms in total. The number of hydrogen-bond donors (Lipinski definition) is 0. The summed E-state index contributed by atoms with van der Waals surface area (Å²) in [5.41, 5.74) is 4.22. The fourth-order valence-electron chi connectivity index (χ4n) is 3.01. The number of fused-ring (bicyclic) bond motifs is 1. The Morgan fingerprint density at radius 1 is 0.926 bits per heavy atom. The summed E-state index contributed by atoms with van der Waals surface area (Å²) < 4.78 is 5.77. The quantitative estimate of drug-likeness (QED) is 0.483. The Kier molecular flexibility index (Phi) is 4.85. The first-order chi connectivity index (χ1) is 13.3. The van der Waals surface area contributed by atoms with E-state index in [1.54, 1.807) is 0 Å². The van der Waals surface area contributed by atoms with Crippen LogP contribution < -0.4 is 4.74 Å². The maximum Gasteiger partial charge on any atom is 0.196 e. The molecule has 4 rings (SSSR count). The Balaban J connectivity index is 1.57. The van der Waals surface area contributed by atoms with Crippen molar-refractivity contribution in [1.29, 1.82) is 0 Å². The summed E-state index contributed by atoms with van der Waals surface area (Å²) >= 11 is 0. The first-order valence-electron chi connectivity index (χ1n) is 8.89. The summed E-state index contributed by atoms with van der Waals surface area (Å²) in [5, 5.41) is 0. The van der Waals surface area contributed by atoms with E-state index in [-0.39, 0.29) is 5.78 Å². The molecular formula is C25H18O2. The van der Waals surface area contributed by atoms with Crippen LogP contribution in [0.3, 0.4) is 0 Å². The van der Waals surface area contributed by atoms with Gasteiger partial charge in [0, 0.05) is 17.6 Å². The van der Waals surface area contributed by atoms with E-state index in [1.165, 1.54) is 5.56 Å². The molecule has 0 bridgehead atoms. The highest BCUT2D eigenvalue weighted by Crippen LogP contribution is 2.28. The summed E-state index contributed by atoms with van der Waals surface area (Å²) in [6, 6.07) is 25.5. The third kappa shape index (κ3) is 3.99. The van der Waals surface area contributed by atoms with Gasteiger partial charge in [-0.05, 0) is 35.4 Å². The monoisotopic (exact) mass is 350 g/mol. The van der Waals surface area contributed by atoms with E-state index in [1.807, 2.05) is 72.8 Å². The molecule has 0 saturated carbocycles. The van der Waals surface area contributed by atoms with Gasteiger partial charge in [0.05, 0.1) is 5.56 Å². The smallest absolute Gasteiger partial charge is 0.196 e. The minimum Gasteiger partial charge on any atom is -0.488 e. The predicted octanol–water partition coefficient (Wildman–Crippen LogP) is 4.94. The van der Waals surface area contributed by atoms with Crippen LogP contribution >= 0.6 is 0 Å². The maximum absolute atomic E-state index is 12.9. The number of benzene rings is 3. The second-order valence-electron chi connectivity index (χ2n) is 6.37. The second-order valence-corrected chi connectivity index (χ2v) is 6.37. The van der Waals surface area contributed by atoms with Crippen molar-refractivity contribution in [1.82, 2.24) is 0 Å². The van der Waals surface area contributed by atoms with Gasteiger partial charge >= 0.3 is 0 Å². The first kappa shape index (κ1) is 16.9. The van der Waals surface area contributed by atoms with Crippen LogP contribution in [-0.4, -0.2) is 12.4 Å². The van der Waals surface area contributed by atoms with Crippen LogP contribution in [0.25, 0.3) is 6.08 Å². The highest BCUT2D eigenvalue weighted by Gasteiger charge is 2.23. The van der Waals surface area contributed by atoms with Gasteiger partial charge in [0.1, 0.15) is 12.4 Å². The Hall–Kier alpha value is -3.57. The van der Waals surface area contributed by atoms with Crippen molar-refractivity contribution in [2.24, 2.45) is 0 Å². The molecule has 1 heterocycles. The summed E-state index contributed by atoms with van der Waals surface area (Å²) in [6.07, 6.45) is 2.57. The molecule has 27 heavy (non-hydrogen) atoms. The van der Waals surface area contributed by atoms with Gasteiger partial charge in [-0.15, -0.1) is 0 Å². The van der Waals surface area contributed by atoms with Crippen LogP contribution in [0.2, 0.25) is 0 Å². The van der Waals surface area contributed by atoms with E-state index in [0.717, 1.165) is 11.1 Å². The number of rotatable bonds is 2. The molecule has 0 unspecified atom stereocenters. The summed E-state index contributed by atoms with van der Waals surface area (Å²) in [6.45, 7) is 0.291. The molecule has 130 valence electrons. The van der Waals surface area contributed by atoms with Crippen LogP contribution in [0.1, 0.15) is 27.0 Å². The highest BCUT2D eigenvalue weighted by atomic mass is 16.5. The van der Waals surface area contributed by atoms with Gasteiger partial charge in [-0.3, -0.25) is 4.79 Å². The molecule has 3 aromatic rings. The minimum atomic E-state index is 0.00631. The number of carbonyl (C=O) groups excluding carboxylic acids is 1. The minimum absolute atomic E-state index is 0.00631. The number of hydrogen-bond acceptors (Lipinski definition) is 2. The Bertz CT molecular complexity index is 1050. The Morgan fingerprint density at radius 2 is 1.67 bits per heavy atom. The normalized spacial score (nSPS) is 14.1. The van der Waals surface area contributed by atoms with Crippen molar-refractivity contribution in [3.63, 3.8) is 0 Å². The molecule has 0 fully saturated rings. The predicted molar refractivity (Wildman–Crippen MR) is 108 cm³/mol. The third-order valence-electron chi connectivity index (χ3n) is 4.41. The third-order valence-corrected chi connectivity index (χ3v) is 4.41. The van der Waals surface area contributed by atoms with E-state index in [0.29, 0.717) is 29.9 Å². The molecule has 0 N–H and O–H groups in total. The van der Waals surface area contributed by atoms with E-state index >= 15 is 0 Å². The largest absolute Gasteiger partial charge is 0.488 e. The van der Waals surface area contributed by atoms with Gasteiger partial charge < -0.3 is 4.74 Å². The zero-order chi connectivity index (χ0) is 18.5. The molecule has 0 saturated heterocycles. The van der Waals surface area contributed by atoms with Gasteiger partial charge in [-0.25, -0.2) is 0 Å². The van der Waals surface area contributed by atoms with Gasteiger partial charge in [0.15, 0.2) is 5.78 Å². The zero-order valence-corrected chi connectivity index (χ0v) is 14.8. The average Bonchev–Trinajstić information content (AvgIpc) is 2.72. The Labute approximate surface area is 159 Å². The lowest BCUT2D eigenvalue weighted by Gasteiger charge is -2.19.